The first kappa shape index (κ1) is 8.45. The average molecular weight is 207 g/mol. The molecule has 0 amide bonds. The highest BCUT2D eigenvalue weighted by atomic mass is 35.5. The van der Waals surface area contributed by atoms with Gasteiger partial charge in [0.25, 0.3) is 0 Å². The standard InChI is InChI=1S/C11H11ClN2/c12-11-2-1-7(5-14-11)9-3-8-4-13-6-10(8)9/h1-3,5,8,10,13H,4,6H2/t8-,10+/m0/s1. The van der Waals surface area contributed by atoms with E-state index in [4.69, 9.17) is 11.6 Å². The van der Waals surface area contributed by atoms with Crippen molar-refractivity contribution in [3.8, 4) is 0 Å². The Morgan fingerprint density at radius 1 is 1.36 bits per heavy atom. The number of halogens is 1. The molecular formula is C11H11ClN2. The molecular weight excluding hydrogens is 196 g/mol. The van der Waals surface area contributed by atoms with Crippen molar-refractivity contribution < 1.29 is 0 Å². The minimum Gasteiger partial charge on any atom is -0.315 e. The molecule has 1 fully saturated rings. The maximum atomic E-state index is 5.75. The fourth-order valence-electron chi connectivity index (χ4n) is 2.31. The lowest BCUT2D eigenvalue weighted by Gasteiger charge is -2.29. The number of aromatic nitrogens is 1. The summed E-state index contributed by atoms with van der Waals surface area (Å²) in [7, 11) is 0. The quantitative estimate of drug-likeness (QED) is 0.711. The zero-order chi connectivity index (χ0) is 9.54. The van der Waals surface area contributed by atoms with Crippen molar-refractivity contribution in [3.05, 3.63) is 35.1 Å². The topological polar surface area (TPSA) is 24.9 Å². The summed E-state index contributed by atoms with van der Waals surface area (Å²) < 4.78 is 0. The summed E-state index contributed by atoms with van der Waals surface area (Å²) in [5.74, 6) is 1.46. The van der Waals surface area contributed by atoms with Gasteiger partial charge in [-0.05, 0) is 23.1 Å². The van der Waals surface area contributed by atoms with Gasteiger partial charge in [0.05, 0.1) is 0 Å². The number of nitrogens with zero attached hydrogens (tertiary/aromatic N) is 1. The van der Waals surface area contributed by atoms with E-state index in [1.165, 1.54) is 11.1 Å². The molecule has 0 radical (unpaired) electrons. The molecule has 1 aromatic heterocycles. The zero-order valence-electron chi connectivity index (χ0n) is 7.70. The average Bonchev–Trinajstić information content (AvgIpc) is 2.52. The van der Waals surface area contributed by atoms with Crippen molar-refractivity contribution in [1.29, 1.82) is 0 Å². The van der Waals surface area contributed by atoms with E-state index in [0.717, 1.165) is 19.0 Å². The van der Waals surface area contributed by atoms with Gasteiger partial charge in [-0.3, -0.25) is 0 Å². The Bertz CT molecular complexity index is 383. The molecule has 1 aliphatic carbocycles. The highest BCUT2D eigenvalue weighted by Crippen LogP contribution is 2.42. The summed E-state index contributed by atoms with van der Waals surface area (Å²) in [6, 6.07) is 3.91. The number of rotatable bonds is 1. The molecule has 1 aliphatic heterocycles. The van der Waals surface area contributed by atoms with Crippen molar-refractivity contribution in [2.75, 3.05) is 13.1 Å². The highest BCUT2D eigenvalue weighted by Gasteiger charge is 2.36. The van der Waals surface area contributed by atoms with Crippen LogP contribution in [-0.4, -0.2) is 18.1 Å². The van der Waals surface area contributed by atoms with Crippen molar-refractivity contribution in [3.63, 3.8) is 0 Å². The normalized spacial score (nSPS) is 29.4. The lowest BCUT2D eigenvalue weighted by Crippen LogP contribution is -2.21. The Morgan fingerprint density at radius 2 is 2.29 bits per heavy atom. The smallest absolute Gasteiger partial charge is 0.129 e. The molecule has 1 saturated heterocycles. The Hall–Kier alpha value is -0.860. The van der Waals surface area contributed by atoms with Crippen LogP contribution in [0.2, 0.25) is 5.15 Å². The van der Waals surface area contributed by atoms with Gasteiger partial charge in [0.1, 0.15) is 5.15 Å². The molecule has 0 saturated carbocycles. The minimum atomic E-state index is 0.565. The molecule has 3 heteroatoms. The van der Waals surface area contributed by atoms with E-state index in [9.17, 15) is 0 Å². The first-order chi connectivity index (χ1) is 6.84. The maximum absolute atomic E-state index is 5.75. The molecule has 1 N–H and O–H groups in total. The molecule has 0 unspecified atom stereocenters. The Labute approximate surface area is 88.0 Å². The lowest BCUT2D eigenvalue weighted by atomic mass is 9.74. The second-order valence-corrected chi connectivity index (χ2v) is 4.31. The summed E-state index contributed by atoms with van der Waals surface area (Å²) >= 11 is 5.75. The predicted octanol–water partition coefficient (Wildman–Crippen LogP) is 1.97. The summed E-state index contributed by atoms with van der Waals surface area (Å²) in [5.41, 5.74) is 2.66. The van der Waals surface area contributed by atoms with Crippen LogP contribution in [0.15, 0.2) is 24.4 Å². The van der Waals surface area contributed by atoms with Gasteiger partial charge >= 0.3 is 0 Å². The van der Waals surface area contributed by atoms with Crippen molar-refractivity contribution in [1.82, 2.24) is 10.3 Å². The van der Waals surface area contributed by atoms with E-state index in [1.807, 2.05) is 12.3 Å². The van der Waals surface area contributed by atoms with Gasteiger partial charge in [-0.25, -0.2) is 4.98 Å². The summed E-state index contributed by atoms with van der Waals surface area (Å²) in [6.45, 7) is 2.24. The van der Waals surface area contributed by atoms with E-state index in [2.05, 4.69) is 22.4 Å². The SMILES string of the molecule is Clc1ccc(C2=C[C@H]3CNC[C@@H]23)cn1. The van der Waals surface area contributed by atoms with Gasteiger partial charge in [0, 0.05) is 25.2 Å². The fourth-order valence-corrected chi connectivity index (χ4v) is 2.42. The summed E-state index contributed by atoms with van der Waals surface area (Å²) in [6.07, 6.45) is 4.21. The molecule has 2 heterocycles. The third-order valence-corrected chi connectivity index (χ3v) is 3.34. The lowest BCUT2D eigenvalue weighted by molar-refractivity contribution is 0.564. The van der Waals surface area contributed by atoms with Crippen LogP contribution in [0.25, 0.3) is 5.57 Å². The van der Waals surface area contributed by atoms with Crippen molar-refractivity contribution in [2.45, 2.75) is 0 Å². The van der Waals surface area contributed by atoms with Crippen LogP contribution in [0, 0.1) is 11.8 Å². The monoisotopic (exact) mass is 206 g/mol. The Morgan fingerprint density at radius 3 is 3.00 bits per heavy atom. The van der Waals surface area contributed by atoms with Gasteiger partial charge < -0.3 is 5.32 Å². The Kier molecular flexibility index (Phi) is 1.85. The molecule has 2 atom stereocenters. The van der Waals surface area contributed by atoms with Gasteiger partial charge in [0.2, 0.25) is 0 Å². The van der Waals surface area contributed by atoms with Crippen LogP contribution in [0.3, 0.4) is 0 Å². The Balaban J connectivity index is 1.90. The first-order valence-electron chi connectivity index (χ1n) is 4.89. The zero-order valence-corrected chi connectivity index (χ0v) is 8.46. The number of nitrogens with one attached hydrogen (secondary N) is 1. The molecule has 14 heavy (non-hydrogen) atoms. The number of pyridine rings is 1. The second kappa shape index (κ2) is 3.07. The van der Waals surface area contributed by atoms with Crippen molar-refractivity contribution in [2.24, 2.45) is 11.8 Å². The number of hydrogen-bond acceptors (Lipinski definition) is 2. The van der Waals surface area contributed by atoms with E-state index in [0.29, 0.717) is 11.1 Å². The van der Waals surface area contributed by atoms with Crippen LogP contribution in [0.4, 0.5) is 0 Å². The van der Waals surface area contributed by atoms with Gasteiger partial charge in [-0.15, -0.1) is 0 Å². The van der Waals surface area contributed by atoms with Gasteiger partial charge in [-0.2, -0.15) is 0 Å². The number of hydrogen-bond donors (Lipinski definition) is 1. The minimum absolute atomic E-state index is 0.565. The largest absolute Gasteiger partial charge is 0.315 e. The molecule has 0 aromatic carbocycles. The molecule has 2 nitrogen and oxygen atoms in total. The fraction of sp³-hybridized carbons (Fsp3) is 0.364. The molecule has 72 valence electrons. The van der Waals surface area contributed by atoms with E-state index in [-0.39, 0.29) is 0 Å². The van der Waals surface area contributed by atoms with E-state index in [1.54, 1.807) is 0 Å². The van der Waals surface area contributed by atoms with Gasteiger partial charge in [0.15, 0.2) is 0 Å². The first-order valence-corrected chi connectivity index (χ1v) is 5.27. The van der Waals surface area contributed by atoms with Crippen LogP contribution < -0.4 is 5.32 Å². The summed E-state index contributed by atoms with van der Waals surface area (Å²) in [5, 5.41) is 3.96. The molecule has 3 rings (SSSR count). The number of fused-ring (bicyclic) bond motifs is 1. The van der Waals surface area contributed by atoms with E-state index >= 15 is 0 Å². The van der Waals surface area contributed by atoms with Crippen LogP contribution in [-0.2, 0) is 0 Å². The maximum Gasteiger partial charge on any atom is 0.129 e. The molecule has 1 aromatic rings. The summed E-state index contributed by atoms with van der Waals surface area (Å²) in [4.78, 5) is 4.10. The van der Waals surface area contributed by atoms with Crippen LogP contribution in [0.1, 0.15) is 5.56 Å². The van der Waals surface area contributed by atoms with Crippen molar-refractivity contribution >= 4 is 17.2 Å². The van der Waals surface area contributed by atoms with Crippen LogP contribution in [0.5, 0.6) is 0 Å². The highest BCUT2D eigenvalue weighted by molar-refractivity contribution is 6.29. The van der Waals surface area contributed by atoms with E-state index < -0.39 is 0 Å². The molecule has 2 aliphatic rings. The second-order valence-electron chi connectivity index (χ2n) is 3.92. The van der Waals surface area contributed by atoms with Gasteiger partial charge in [-0.1, -0.05) is 23.7 Å². The molecule has 0 spiro atoms. The predicted molar refractivity (Wildman–Crippen MR) is 57.1 cm³/mol. The van der Waals surface area contributed by atoms with Crippen LogP contribution >= 0.6 is 11.6 Å². The third kappa shape index (κ3) is 1.18. The molecule has 0 bridgehead atoms. The third-order valence-electron chi connectivity index (χ3n) is 3.11.